The molecule has 0 aliphatic rings. The Balaban J connectivity index is 2.33. The molecule has 0 saturated heterocycles. The Morgan fingerprint density at radius 1 is 1.38 bits per heavy atom. The van der Waals surface area contributed by atoms with Crippen molar-refractivity contribution in [3.05, 3.63) is 29.6 Å². The number of ether oxygens (including phenoxy) is 1. The number of hydrogen-bond acceptors (Lipinski definition) is 2. The van der Waals surface area contributed by atoms with Crippen molar-refractivity contribution in [2.75, 3.05) is 6.61 Å². The highest BCUT2D eigenvalue weighted by molar-refractivity contribution is 5.13. The molecule has 1 heterocycles. The van der Waals surface area contributed by atoms with Gasteiger partial charge in [-0.1, -0.05) is 6.07 Å². The molecule has 1 aromatic rings. The van der Waals surface area contributed by atoms with Gasteiger partial charge in [0.25, 0.3) is 0 Å². The smallest absolute Gasteiger partial charge is 0.0519 e. The van der Waals surface area contributed by atoms with Crippen LogP contribution >= 0.6 is 0 Å². The molecule has 0 amide bonds. The predicted octanol–water partition coefficient (Wildman–Crippen LogP) is 2.36. The Labute approximate surface area is 80.0 Å². The lowest BCUT2D eigenvalue weighted by atomic mass is 10.2. The highest BCUT2D eigenvalue weighted by atomic mass is 16.5. The second-order valence-corrected chi connectivity index (χ2v) is 3.48. The molecule has 0 radical (unpaired) electrons. The lowest BCUT2D eigenvalue weighted by molar-refractivity contribution is 0.0813. The van der Waals surface area contributed by atoms with Gasteiger partial charge in [0, 0.05) is 11.9 Å². The normalized spacial score (nSPS) is 10.8. The van der Waals surface area contributed by atoms with Gasteiger partial charge in [-0.15, -0.1) is 0 Å². The van der Waals surface area contributed by atoms with Gasteiger partial charge in [-0.2, -0.15) is 0 Å². The molecule has 2 nitrogen and oxygen atoms in total. The summed E-state index contributed by atoms with van der Waals surface area (Å²) in [6.07, 6.45) is 3.18. The molecule has 0 bridgehead atoms. The zero-order valence-corrected chi connectivity index (χ0v) is 8.58. The first kappa shape index (κ1) is 10.2. The van der Waals surface area contributed by atoms with Gasteiger partial charge in [0.1, 0.15) is 0 Å². The molecule has 13 heavy (non-hydrogen) atoms. The van der Waals surface area contributed by atoms with E-state index in [-0.39, 0.29) is 0 Å². The van der Waals surface area contributed by atoms with E-state index in [4.69, 9.17) is 4.74 Å². The summed E-state index contributed by atoms with van der Waals surface area (Å²) in [5, 5.41) is 0. The van der Waals surface area contributed by atoms with Crippen LogP contribution in [0.1, 0.15) is 25.1 Å². The molecule has 0 unspecified atom stereocenters. The predicted molar refractivity (Wildman–Crippen MR) is 53.8 cm³/mol. The van der Waals surface area contributed by atoms with E-state index in [2.05, 4.69) is 11.1 Å². The molecule has 0 fully saturated rings. The van der Waals surface area contributed by atoms with Crippen LogP contribution in [-0.2, 0) is 11.2 Å². The fourth-order valence-electron chi connectivity index (χ4n) is 1.06. The lowest BCUT2D eigenvalue weighted by Crippen LogP contribution is -2.06. The van der Waals surface area contributed by atoms with Crippen molar-refractivity contribution in [1.82, 2.24) is 4.98 Å². The van der Waals surface area contributed by atoms with Crippen molar-refractivity contribution in [2.45, 2.75) is 33.3 Å². The highest BCUT2D eigenvalue weighted by Crippen LogP contribution is 2.01. The first-order valence-corrected chi connectivity index (χ1v) is 4.71. The van der Waals surface area contributed by atoms with Gasteiger partial charge in [-0.25, -0.2) is 0 Å². The van der Waals surface area contributed by atoms with Crippen LogP contribution in [-0.4, -0.2) is 17.7 Å². The molecule has 1 aromatic heterocycles. The maximum Gasteiger partial charge on any atom is 0.0519 e. The average Bonchev–Trinajstić information content (AvgIpc) is 2.08. The molecule has 0 spiro atoms. The van der Waals surface area contributed by atoms with Crippen molar-refractivity contribution in [3.8, 4) is 0 Å². The molecule has 0 saturated carbocycles. The number of rotatable bonds is 4. The van der Waals surface area contributed by atoms with Crippen LogP contribution in [0.25, 0.3) is 0 Å². The Morgan fingerprint density at radius 2 is 2.15 bits per heavy atom. The van der Waals surface area contributed by atoms with Crippen LogP contribution in [0.5, 0.6) is 0 Å². The summed E-state index contributed by atoms with van der Waals surface area (Å²) >= 11 is 0. The van der Waals surface area contributed by atoms with Crippen LogP contribution in [0.4, 0.5) is 0 Å². The summed E-state index contributed by atoms with van der Waals surface area (Å²) in [6, 6.07) is 4.14. The fraction of sp³-hybridized carbons (Fsp3) is 0.545. The minimum atomic E-state index is 0.318. The molecule has 0 aromatic carbocycles. The van der Waals surface area contributed by atoms with Gasteiger partial charge in [0.15, 0.2) is 0 Å². The number of aromatic nitrogens is 1. The van der Waals surface area contributed by atoms with Gasteiger partial charge in [-0.3, -0.25) is 4.98 Å². The third kappa shape index (κ3) is 4.04. The van der Waals surface area contributed by atoms with Crippen LogP contribution < -0.4 is 0 Å². The van der Waals surface area contributed by atoms with Crippen molar-refractivity contribution in [2.24, 2.45) is 0 Å². The molecule has 72 valence electrons. The number of pyridine rings is 1. The topological polar surface area (TPSA) is 22.1 Å². The van der Waals surface area contributed by atoms with Crippen molar-refractivity contribution in [3.63, 3.8) is 0 Å². The van der Waals surface area contributed by atoms with Gasteiger partial charge in [0.05, 0.1) is 12.7 Å². The molecule has 0 aliphatic carbocycles. The number of hydrogen-bond donors (Lipinski definition) is 0. The molecule has 1 rings (SSSR count). The van der Waals surface area contributed by atoms with E-state index in [1.807, 2.05) is 33.0 Å². The van der Waals surface area contributed by atoms with Gasteiger partial charge in [-0.05, 0) is 38.8 Å². The quantitative estimate of drug-likeness (QED) is 0.708. The molecule has 0 aliphatic heterocycles. The van der Waals surface area contributed by atoms with Crippen LogP contribution in [0.3, 0.4) is 0 Å². The third-order valence-electron chi connectivity index (χ3n) is 1.81. The summed E-state index contributed by atoms with van der Waals surface area (Å²) in [6.45, 7) is 6.87. The Morgan fingerprint density at radius 3 is 2.69 bits per heavy atom. The van der Waals surface area contributed by atoms with Crippen molar-refractivity contribution in [1.29, 1.82) is 0 Å². The summed E-state index contributed by atoms with van der Waals surface area (Å²) < 4.78 is 5.45. The first-order chi connectivity index (χ1) is 6.18. The zero-order valence-electron chi connectivity index (χ0n) is 8.58. The minimum Gasteiger partial charge on any atom is -0.378 e. The minimum absolute atomic E-state index is 0.318. The Bertz CT molecular complexity index is 241. The monoisotopic (exact) mass is 179 g/mol. The molecule has 0 atom stereocenters. The highest BCUT2D eigenvalue weighted by Gasteiger charge is 1.95. The molecule has 0 N–H and O–H groups in total. The standard InChI is InChI=1S/C11H17NO/c1-9(2)13-7-6-11-5-4-10(3)12-8-11/h4-5,8-9H,6-7H2,1-3H3. The van der Waals surface area contributed by atoms with Crippen LogP contribution in [0, 0.1) is 6.92 Å². The fourth-order valence-corrected chi connectivity index (χ4v) is 1.06. The summed E-state index contributed by atoms with van der Waals surface area (Å²) in [5.41, 5.74) is 2.31. The van der Waals surface area contributed by atoms with E-state index in [0.29, 0.717) is 6.10 Å². The Hall–Kier alpha value is -0.890. The lowest BCUT2D eigenvalue weighted by Gasteiger charge is -2.06. The van der Waals surface area contributed by atoms with Gasteiger partial charge < -0.3 is 4.74 Å². The van der Waals surface area contributed by atoms with Crippen molar-refractivity contribution < 1.29 is 4.74 Å². The van der Waals surface area contributed by atoms with E-state index in [9.17, 15) is 0 Å². The van der Waals surface area contributed by atoms with E-state index in [1.54, 1.807) is 0 Å². The number of nitrogens with zero attached hydrogens (tertiary/aromatic N) is 1. The summed E-state index contributed by atoms with van der Waals surface area (Å²) in [7, 11) is 0. The SMILES string of the molecule is Cc1ccc(CCOC(C)C)cn1. The zero-order chi connectivity index (χ0) is 9.68. The van der Waals surface area contributed by atoms with Crippen LogP contribution in [0.2, 0.25) is 0 Å². The maximum absolute atomic E-state index is 5.45. The summed E-state index contributed by atoms with van der Waals surface area (Å²) in [5.74, 6) is 0. The maximum atomic E-state index is 5.45. The van der Waals surface area contributed by atoms with Crippen LogP contribution in [0.15, 0.2) is 18.3 Å². The van der Waals surface area contributed by atoms with E-state index in [1.165, 1.54) is 5.56 Å². The molecular weight excluding hydrogens is 162 g/mol. The Kier molecular flexibility index (Phi) is 3.90. The molecule has 2 heteroatoms. The third-order valence-corrected chi connectivity index (χ3v) is 1.81. The van der Waals surface area contributed by atoms with Crippen molar-refractivity contribution >= 4 is 0 Å². The van der Waals surface area contributed by atoms with Gasteiger partial charge in [0.2, 0.25) is 0 Å². The number of aryl methyl sites for hydroxylation is 1. The largest absolute Gasteiger partial charge is 0.378 e. The van der Waals surface area contributed by atoms with E-state index in [0.717, 1.165) is 18.7 Å². The average molecular weight is 179 g/mol. The summed E-state index contributed by atoms with van der Waals surface area (Å²) in [4.78, 5) is 4.22. The van der Waals surface area contributed by atoms with E-state index < -0.39 is 0 Å². The first-order valence-electron chi connectivity index (χ1n) is 4.71. The second-order valence-electron chi connectivity index (χ2n) is 3.48. The van der Waals surface area contributed by atoms with E-state index >= 15 is 0 Å². The van der Waals surface area contributed by atoms with Gasteiger partial charge >= 0.3 is 0 Å². The molecular formula is C11H17NO. The second kappa shape index (κ2) is 4.97.